The molecule has 84 valence electrons. The zero-order valence-electron chi connectivity index (χ0n) is 8.31. The number of pyridine rings is 1. The molecule has 0 saturated heterocycles. The summed E-state index contributed by atoms with van der Waals surface area (Å²) in [5.41, 5.74) is 0. The minimum Gasteiger partial charge on any atom is -0.478 e. The lowest BCUT2D eigenvalue weighted by molar-refractivity contribution is 0.305. The second-order valence-corrected chi connectivity index (χ2v) is 6.32. The molecule has 0 aliphatic carbocycles. The fraction of sp³-hybridized carbons (Fsp3) is 0.444. The van der Waals surface area contributed by atoms with Crippen molar-refractivity contribution < 1.29 is 13.2 Å². The zero-order chi connectivity index (χ0) is 11.3. The zero-order valence-corrected chi connectivity index (χ0v) is 10.7. The molecule has 0 aliphatic heterocycles. The Hall–Kier alpha value is -0.620. The number of nitrogens with zero attached hydrogens (tertiary/aromatic N) is 1. The van der Waals surface area contributed by atoms with Crippen LogP contribution in [-0.2, 0) is 9.84 Å². The van der Waals surface area contributed by atoms with E-state index in [2.05, 4.69) is 20.9 Å². The smallest absolute Gasteiger partial charge is 0.213 e. The molecule has 0 radical (unpaired) electrons. The van der Waals surface area contributed by atoms with Crippen LogP contribution in [0.15, 0.2) is 22.8 Å². The van der Waals surface area contributed by atoms with Gasteiger partial charge in [-0.15, -0.1) is 0 Å². The Morgan fingerprint density at radius 2 is 2.20 bits per heavy atom. The van der Waals surface area contributed by atoms with Gasteiger partial charge in [0.15, 0.2) is 0 Å². The van der Waals surface area contributed by atoms with Crippen molar-refractivity contribution in [1.82, 2.24) is 4.98 Å². The third-order valence-electron chi connectivity index (χ3n) is 1.61. The fourth-order valence-electron chi connectivity index (χ4n) is 0.945. The van der Waals surface area contributed by atoms with Gasteiger partial charge in [0.25, 0.3) is 0 Å². The highest BCUT2D eigenvalue weighted by Crippen LogP contribution is 2.12. The predicted molar refractivity (Wildman–Crippen MR) is 61.8 cm³/mol. The SMILES string of the molecule is CS(=O)(=O)CCCOc1ccc(Br)cn1. The Morgan fingerprint density at radius 1 is 1.47 bits per heavy atom. The largest absolute Gasteiger partial charge is 0.478 e. The van der Waals surface area contributed by atoms with Crippen LogP contribution in [0.2, 0.25) is 0 Å². The van der Waals surface area contributed by atoms with Crippen molar-refractivity contribution in [1.29, 1.82) is 0 Å². The summed E-state index contributed by atoms with van der Waals surface area (Å²) < 4.78 is 27.8. The van der Waals surface area contributed by atoms with Gasteiger partial charge in [-0.1, -0.05) is 0 Å². The van der Waals surface area contributed by atoms with Crippen LogP contribution in [-0.4, -0.2) is 32.0 Å². The first-order valence-corrected chi connectivity index (χ1v) is 7.25. The Bertz CT molecular complexity index is 402. The summed E-state index contributed by atoms with van der Waals surface area (Å²) in [7, 11) is -2.89. The summed E-state index contributed by atoms with van der Waals surface area (Å²) >= 11 is 3.26. The molecule has 0 aromatic carbocycles. The van der Waals surface area contributed by atoms with Gasteiger partial charge >= 0.3 is 0 Å². The number of hydrogen-bond acceptors (Lipinski definition) is 4. The first kappa shape index (κ1) is 12.4. The molecule has 1 rings (SSSR count). The summed E-state index contributed by atoms with van der Waals surface area (Å²) in [5.74, 6) is 0.649. The summed E-state index contributed by atoms with van der Waals surface area (Å²) in [5, 5.41) is 0. The fourth-order valence-corrected chi connectivity index (χ4v) is 1.82. The molecule has 0 bridgehead atoms. The van der Waals surface area contributed by atoms with Crippen LogP contribution in [0.3, 0.4) is 0 Å². The molecule has 15 heavy (non-hydrogen) atoms. The number of rotatable bonds is 5. The minimum atomic E-state index is -2.89. The highest BCUT2D eigenvalue weighted by atomic mass is 79.9. The van der Waals surface area contributed by atoms with Gasteiger partial charge in [-0.05, 0) is 28.4 Å². The van der Waals surface area contributed by atoms with Crippen molar-refractivity contribution in [3.8, 4) is 5.88 Å². The summed E-state index contributed by atoms with van der Waals surface area (Å²) in [4.78, 5) is 3.99. The van der Waals surface area contributed by atoms with Crippen LogP contribution in [0.5, 0.6) is 5.88 Å². The van der Waals surface area contributed by atoms with Gasteiger partial charge in [-0.25, -0.2) is 13.4 Å². The Labute approximate surface area is 97.7 Å². The standard InChI is InChI=1S/C9H12BrNO3S/c1-15(12,13)6-2-5-14-9-4-3-8(10)7-11-9/h3-4,7H,2,5-6H2,1H3. The second-order valence-electron chi connectivity index (χ2n) is 3.15. The lowest BCUT2D eigenvalue weighted by atomic mass is 10.5. The third-order valence-corrected chi connectivity index (χ3v) is 3.11. The molecule has 0 saturated carbocycles. The van der Waals surface area contributed by atoms with Crippen LogP contribution in [0.4, 0.5) is 0 Å². The van der Waals surface area contributed by atoms with Crippen LogP contribution in [0, 0.1) is 0 Å². The second kappa shape index (κ2) is 5.46. The topological polar surface area (TPSA) is 56.3 Å². The molecule has 1 aromatic heterocycles. The number of halogens is 1. The van der Waals surface area contributed by atoms with E-state index in [1.54, 1.807) is 12.3 Å². The average Bonchev–Trinajstić information content (AvgIpc) is 2.14. The minimum absolute atomic E-state index is 0.142. The third kappa shape index (κ3) is 5.74. The maximum atomic E-state index is 10.8. The van der Waals surface area contributed by atoms with Gasteiger partial charge in [0, 0.05) is 23.0 Å². The van der Waals surface area contributed by atoms with Crippen LogP contribution >= 0.6 is 15.9 Å². The number of aromatic nitrogens is 1. The quantitative estimate of drug-likeness (QED) is 0.775. The molecule has 6 heteroatoms. The lowest BCUT2D eigenvalue weighted by Crippen LogP contribution is -2.08. The van der Waals surface area contributed by atoms with Crippen LogP contribution in [0.1, 0.15) is 6.42 Å². The highest BCUT2D eigenvalue weighted by Gasteiger charge is 2.02. The monoisotopic (exact) mass is 293 g/mol. The van der Waals surface area contributed by atoms with Gasteiger partial charge in [-0.3, -0.25) is 0 Å². The van der Waals surface area contributed by atoms with Gasteiger partial charge in [0.2, 0.25) is 5.88 Å². The van der Waals surface area contributed by atoms with E-state index in [0.717, 1.165) is 4.47 Å². The summed E-state index contributed by atoms with van der Waals surface area (Å²) in [6.07, 6.45) is 3.33. The van der Waals surface area contributed by atoms with Gasteiger partial charge in [-0.2, -0.15) is 0 Å². The van der Waals surface area contributed by atoms with Gasteiger partial charge < -0.3 is 4.74 Å². The molecule has 0 N–H and O–H groups in total. The highest BCUT2D eigenvalue weighted by molar-refractivity contribution is 9.10. The first-order chi connectivity index (χ1) is 6.97. The molecule has 0 aliphatic rings. The Morgan fingerprint density at radius 3 is 2.73 bits per heavy atom. The summed E-state index contributed by atoms with van der Waals surface area (Å²) in [6, 6.07) is 3.55. The van der Waals surface area contributed by atoms with Crippen molar-refractivity contribution in [2.75, 3.05) is 18.6 Å². The molecule has 1 heterocycles. The van der Waals surface area contributed by atoms with Crippen molar-refractivity contribution in [2.24, 2.45) is 0 Å². The Balaban J connectivity index is 2.29. The molecule has 1 aromatic rings. The molecule has 0 unspecified atom stereocenters. The molecule has 0 spiro atoms. The van der Waals surface area contributed by atoms with Gasteiger partial charge in [0.05, 0.1) is 12.4 Å². The average molecular weight is 294 g/mol. The molecule has 4 nitrogen and oxygen atoms in total. The lowest BCUT2D eigenvalue weighted by Gasteiger charge is -2.03. The van der Waals surface area contributed by atoms with Crippen LogP contribution in [0.25, 0.3) is 0 Å². The van der Waals surface area contributed by atoms with E-state index >= 15 is 0 Å². The molecular weight excluding hydrogens is 282 g/mol. The van der Waals surface area contributed by atoms with E-state index in [9.17, 15) is 8.42 Å². The van der Waals surface area contributed by atoms with E-state index in [4.69, 9.17) is 4.74 Å². The number of hydrogen-bond donors (Lipinski definition) is 0. The molecular formula is C9H12BrNO3S. The van der Waals surface area contributed by atoms with Crippen molar-refractivity contribution >= 4 is 25.8 Å². The molecule has 0 atom stereocenters. The van der Waals surface area contributed by atoms with E-state index in [1.165, 1.54) is 6.26 Å². The van der Waals surface area contributed by atoms with Gasteiger partial charge in [0.1, 0.15) is 9.84 Å². The summed E-state index contributed by atoms with van der Waals surface area (Å²) in [6.45, 7) is 0.363. The first-order valence-electron chi connectivity index (χ1n) is 4.39. The van der Waals surface area contributed by atoms with Crippen molar-refractivity contribution in [3.63, 3.8) is 0 Å². The van der Waals surface area contributed by atoms with E-state index in [-0.39, 0.29) is 5.75 Å². The Kier molecular flexibility index (Phi) is 4.53. The van der Waals surface area contributed by atoms with E-state index < -0.39 is 9.84 Å². The maximum absolute atomic E-state index is 10.8. The molecule has 0 amide bonds. The molecule has 0 fully saturated rings. The number of sulfone groups is 1. The van der Waals surface area contributed by atoms with Crippen LogP contribution < -0.4 is 4.74 Å². The van der Waals surface area contributed by atoms with Crippen molar-refractivity contribution in [2.45, 2.75) is 6.42 Å². The van der Waals surface area contributed by atoms with E-state index in [1.807, 2.05) is 6.07 Å². The normalized spacial score (nSPS) is 11.3. The number of ether oxygens (including phenoxy) is 1. The van der Waals surface area contributed by atoms with E-state index in [0.29, 0.717) is 18.9 Å². The van der Waals surface area contributed by atoms with Crippen molar-refractivity contribution in [3.05, 3.63) is 22.8 Å². The predicted octanol–water partition coefficient (Wildman–Crippen LogP) is 1.66. The maximum Gasteiger partial charge on any atom is 0.213 e.